The molecule has 194 valence electrons. The number of hydrogen-bond acceptors (Lipinski definition) is 14. The molecule has 15 atom stereocenters. The van der Waals surface area contributed by atoms with Crippen LogP contribution in [0.1, 0.15) is 13.8 Å². The Balaban J connectivity index is 1.75. The molecule has 3 saturated heterocycles. The zero-order valence-corrected chi connectivity index (χ0v) is 18.4. The number of methoxy groups -OCH3 is 1. The molecule has 3 heterocycles. The molecule has 33 heavy (non-hydrogen) atoms. The molecule has 14 heteroatoms. The van der Waals surface area contributed by atoms with E-state index >= 15 is 0 Å². The maximum atomic E-state index is 10.8. The van der Waals surface area contributed by atoms with Gasteiger partial charge < -0.3 is 69.3 Å². The van der Waals surface area contributed by atoms with Crippen molar-refractivity contribution >= 4 is 0 Å². The van der Waals surface area contributed by atoms with Gasteiger partial charge in [0.25, 0.3) is 0 Å². The number of aliphatic hydroxyl groups excluding tert-OH is 8. The lowest BCUT2D eigenvalue weighted by atomic mass is 9.96. The number of ether oxygens (including phenoxy) is 6. The second-order valence-electron chi connectivity index (χ2n) is 8.52. The third-order valence-corrected chi connectivity index (χ3v) is 6.23. The average Bonchev–Trinajstić information content (AvgIpc) is 2.79. The minimum absolute atomic E-state index is 0.690. The van der Waals surface area contributed by atoms with Crippen molar-refractivity contribution in [3.8, 4) is 0 Å². The van der Waals surface area contributed by atoms with Gasteiger partial charge in [0.05, 0.1) is 18.8 Å². The number of rotatable bonds is 6. The van der Waals surface area contributed by atoms with E-state index in [9.17, 15) is 40.9 Å². The molecule has 0 radical (unpaired) electrons. The van der Waals surface area contributed by atoms with E-state index in [4.69, 9.17) is 28.4 Å². The lowest BCUT2D eigenvalue weighted by Crippen LogP contribution is -2.65. The van der Waals surface area contributed by atoms with Gasteiger partial charge in [0, 0.05) is 7.11 Å². The van der Waals surface area contributed by atoms with Gasteiger partial charge in [-0.3, -0.25) is 0 Å². The number of aliphatic hydroxyl groups is 8. The third kappa shape index (κ3) is 5.34. The van der Waals surface area contributed by atoms with Crippen molar-refractivity contribution in [1.29, 1.82) is 0 Å². The second kappa shape index (κ2) is 11.0. The zero-order valence-electron chi connectivity index (χ0n) is 18.4. The quantitative estimate of drug-likeness (QED) is 0.177. The molecule has 8 N–H and O–H groups in total. The van der Waals surface area contributed by atoms with E-state index in [2.05, 4.69) is 0 Å². The van der Waals surface area contributed by atoms with E-state index in [1.807, 2.05) is 0 Å². The normalized spacial score (nSPS) is 53.7. The molecule has 0 aromatic rings. The molecular weight excluding hydrogens is 452 g/mol. The van der Waals surface area contributed by atoms with Gasteiger partial charge in [-0.2, -0.15) is 0 Å². The van der Waals surface area contributed by atoms with Gasteiger partial charge in [-0.1, -0.05) is 0 Å². The summed E-state index contributed by atoms with van der Waals surface area (Å²) < 4.78 is 32.4. The van der Waals surface area contributed by atoms with Crippen LogP contribution in [0.3, 0.4) is 0 Å². The van der Waals surface area contributed by atoms with E-state index in [0.717, 1.165) is 0 Å². The van der Waals surface area contributed by atoms with Crippen LogP contribution in [0.25, 0.3) is 0 Å². The van der Waals surface area contributed by atoms with Crippen LogP contribution >= 0.6 is 0 Å². The van der Waals surface area contributed by atoms with Crippen LogP contribution in [0, 0.1) is 0 Å². The molecule has 0 spiro atoms. The summed E-state index contributed by atoms with van der Waals surface area (Å²) in [5.74, 6) is 0. The van der Waals surface area contributed by atoms with Crippen molar-refractivity contribution < 1.29 is 69.3 Å². The van der Waals surface area contributed by atoms with Crippen molar-refractivity contribution in [2.24, 2.45) is 0 Å². The smallest absolute Gasteiger partial charge is 0.187 e. The topological polar surface area (TPSA) is 217 Å². The van der Waals surface area contributed by atoms with Gasteiger partial charge >= 0.3 is 0 Å². The van der Waals surface area contributed by atoms with E-state index in [0.29, 0.717) is 0 Å². The van der Waals surface area contributed by atoms with Crippen molar-refractivity contribution in [3.63, 3.8) is 0 Å². The number of hydrogen-bond donors (Lipinski definition) is 8. The molecular formula is C19H34O14. The Kier molecular flexibility index (Phi) is 9.02. The standard InChI is InChI=1S/C19H34O14/c1-5-8(21)15(13(26)17(28-3)29-5)33-19-14(27)16(9(22)6(2)30-19)32-18-12(25)11(24)10(23)7(4-20)31-18/h5-27H,4H2,1-3H3. The summed E-state index contributed by atoms with van der Waals surface area (Å²) in [5, 5.41) is 81.6. The van der Waals surface area contributed by atoms with Gasteiger partial charge in [-0.15, -0.1) is 0 Å². The summed E-state index contributed by atoms with van der Waals surface area (Å²) in [5.41, 5.74) is 0. The van der Waals surface area contributed by atoms with Gasteiger partial charge in [-0.25, -0.2) is 0 Å². The Hall–Kier alpha value is -0.560. The molecule has 15 unspecified atom stereocenters. The highest BCUT2D eigenvalue weighted by Crippen LogP contribution is 2.32. The molecule has 14 nitrogen and oxygen atoms in total. The highest BCUT2D eigenvalue weighted by molar-refractivity contribution is 4.95. The Labute approximate surface area is 189 Å². The molecule has 0 aromatic carbocycles. The zero-order chi connectivity index (χ0) is 24.6. The average molecular weight is 486 g/mol. The molecule has 0 aliphatic carbocycles. The summed E-state index contributed by atoms with van der Waals surface area (Å²) in [6, 6.07) is 0. The predicted octanol–water partition coefficient (Wildman–Crippen LogP) is -4.86. The monoisotopic (exact) mass is 486 g/mol. The first-order valence-electron chi connectivity index (χ1n) is 10.7. The third-order valence-electron chi connectivity index (χ3n) is 6.23. The van der Waals surface area contributed by atoms with E-state index in [1.54, 1.807) is 0 Å². The van der Waals surface area contributed by atoms with Crippen LogP contribution in [0.15, 0.2) is 0 Å². The van der Waals surface area contributed by atoms with Crippen LogP contribution < -0.4 is 0 Å². The summed E-state index contributed by atoms with van der Waals surface area (Å²) in [6.45, 7) is 2.30. The molecule has 0 amide bonds. The molecule has 0 aromatic heterocycles. The van der Waals surface area contributed by atoms with E-state index in [-0.39, 0.29) is 0 Å². The maximum Gasteiger partial charge on any atom is 0.187 e. The Morgan fingerprint density at radius 2 is 1.03 bits per heavy atom. The Morgan fingerprint density at radius 3 is 1.52 bits per heavy atom. The fourth-order valence-corrected chi connectivity index (χ4v) is 4.11. The van der Waals surface area contributed by atoms with Crippen LogP contribution in [0.4, 0.5) is 0 Å². The predicted molar refractivity (Wildman–Crippen MR) is 103 cm³/mol. The van der Waals surface area contributed by atoms with Crippen LogP contribution in [-0.2, 0) is 28.4 Å². The van der Waals surface area contributed by atoms with Crippen LogP contribution in [-0.4, -0.2) is 147 Å². The first kappa shape index (κ1) is 27.0. The second-order valence-corrected chi connectivity index (χ2v) is 8.52. The highest BCUT2D eigenvalue weighted by Gasteiger charge is 2.52. The molecule has 3 fully saturated rings. The lowest BCUT2D eigenvalue weighted by Gasteiger charge is -2.47. The fourth-order valence-electron chi connectivity index (χ4n) is 4.11. The Morgan fingerprint density at radius 1 is 0.576 bits per heavy atom. The molecule has 0 bridgehead atoms. The van der Waals surface area contributed by atoms with Gasteiger partial charge in [0.1, 0.15) is 61.0 Å². The van der Waals surface area contributed by atoms with Crippen molar-refractivity contribution in [2.75, 3.05) is 13.7 Å². The lowest BCUT2D eigenvalue weighted by molar-refractivity contribution is -0.376. The summed E-state index contributed by atoms with van der Waals surface area (Å²) >= 11 is 0. The van der Waals surface area contributed by atoms with E-state index < -0.39 is 98.7 Å². The van der Waals surface area contributed by atoms with Gasteiger partial charge in [0.15, 0.2) is 18.9 Å². The molecule has 0 saturated carbocycles. The molecule has 3 aliphatic rings. The summed E-state index contributed by atoms with van der Waals surface area (Å²) in [4.78, 5) is 0. The highest BCUT2D eigenvalue weighted by atomic mass is 16.7. The summed E-state index contributed by atoms with van der Waals surface area (Å²) in [6.07, 6.45) is -21.0. The Bertz CT molecular complexity index is 623. The summed E-state index contributed by atoms with van der Waals surface area (Å²) in [7, 11) is 1.30. The van der Waals surface area contributed by atoms with Gasteiger partial charge in [0.2, 0.25) is 0 Å². The van der Waals surface area contributed by atoms with Crippen molar-refractivity contribution in [3.05, 3.63) is 0 Å². The maximum absolute atomic E-state index is 10.8. The van der Waals surface area contributed by atoms with Gasteiger partial charge in [-0.05, 0) is 13.8 Å². The SMILES string of the molecule is COC1OC(C)C(O)C(OC2OC(C)C(O)C(OC3OC(CO)C(O)C(O)C3O)C2O)C1O. The first-order valence-corrected chi connectivity index (χ1v) is 10.7. The van der Waals surface area contributed by atoms with Crippen molar-refractivity contribution in [2.45, 2.75) is 106 Å². The minimum atomic E-state index is -1.76. The molecule has 3 rings (SSSR count). The fraction of sp³-hybridized carbons (Fsp3) is 1.00. The van der Waals surface area contributed by atoms with Crippen LogP contribution in [0.2, 0.25) is 0 Å². The minimum Gasteiger partial charge on any atom is -0.394 e. The first-order chi connectivity index (χ1) is 15.5. The molecule has 3 aliphatic heterocycles. The van der Waals surface area contributed by atoms with Crippen LogP contribution in [0.5, 0.6) is 0 Å². The van der Waals surface area contributed by atoms with E-state index in [1.165, 1.54) is 21.0 Å². The van der Waals surface area contributed by atoms with Crippen molar-refractivity contribution in [1.82, 2.24) is 0 Å². The largest absolute Gasteiger partial charge is 0.394 e.